The van der Waals surface area contributed by atoms with Gasteiger partial charge >= 0.3 is 5.97 Å². The van der Waals surface area contributed by atoms with E-state index in [2.05, 4.69) is 5.32 Å². The number of anilines is 1. The van der Waals surface area contributed by atoms with E-state index in [1.165, 1.54) is 23.9 Å². The molecule has 5 nitrogen and oxygen atoms in total. The summed E-state index contributed by atoms with van der Waals surface area (Å²) in [5.41, 5.74) is 0.956. The van der Waals surface area contributed by atoms with E-state index in [-0.39, 0.29) is 11.5 Å². The Morgan fingerprint density at radius 1 is 1.08 bits per heavy atom. The van der Waals surface area contributed by atoms with Gasteiger partial charge in [-0.25, -0.2) is 4.79 Å². The zero-order valence-electron chi connectivity index (χ0n) is 13.4. The third-order valence-electron chi connectivity index (χ3n) is 3.16. The summed E-state index contributed by atoms with van der Waals surface area (Å²) < 4.78 is 5.54. The van der Waals surface area contributed by atoms with Gasteiger partial charge < -0.3 is 15.2 Å². The van der Waals surface area contributed by atoms with Crippen LogP contribution in [0.25, 0.3) is 0 Å². The molecule has 0 aliphatic heterocycles. The van der Waals surface area contributed by atoms with Crippen molar-refractivity contribution < 1.29 is 19.4 Å². The van der Waals surface area contributed by atoms with Crippen molar-refractivity contribution in [1.29, 1.82) is 0 Å². The first-order valence-corrected chi connectivity index (χ1v) is 9.17. The molecule has 2 aromatic rings. The largest absolute Gasteiger partial charge is 0.494 e. The number of carboxylic acid groups (broad SMARTS) is 1. The Morgan fingerprint density at radius 2 is 1.76 bits per heavy atom. The van der Waals surface area contributed by atoms with Crippen LogP contribution in [0.3, 0.4) is 0 Å². The molecule has 25 heavy (non-hydrogen) atoms. The summed E-state index contributed by atoms with van der Waals surface area (Å²) in [5.74, 6) is 0.782. The van der Waals surface area contributed by atoms with Gasteiger partial charge in [0.15, 0.2) is 0 Å². The zero-order valence-corrected chi connectivity index (χ0v) is 15.0. The van der Waals surface area contributed by atoms with Gasteiger partial charge in [-0.05, 0) is 60.7 Å². The van der Waals surface area contributed by atoms with E-state index in [1.54, 1.807) is 36.4 Å². The maximum atomic E-state index is 11.8. The number of rotatable bonds is 9. The summed E-state index contributed by atoms with van der Waals surface area (Å²) in [6.45, 7) is 0.512. The normalized spacial score (nSPS) is 10.3. The Hall–Kier alpha value is -2.18. The Labute approximate surface area is 155 Å². The summed E-state index contributed by atoms with van der Waals surface area (Å²) >= 11 is 7.32. The number of halogens is 1. The van der Waals surface area contributed by atoms with Crippen molar-refractivity contribution in [2.75, 3.05) is 23.4 Å². The van der Waals surface area contributed by atoms with E-state index < -0.39 is 5.97 Å². The van der Waals surface area contributed by atoms with Crippen molar-refractivity contribution in [2.24, 2.45) is 0 Å². The van der Waals surface area contributed by atoms with E-state index in [4.69, 9.17) is 21.4 Å². The van der Waals surface area contributed by atoms with Crippen LogP contribution in [0.4, 0.5) is 5.69 Å². The second kappa shape index (κ2) is 9.96. The number of amides is 1. The summed E-state index contributed by atoms with van der Waals surface area (Å²) in [7, 11) is 0. The molecule has 7 heteroatoms. The number of hydrogen-bond acceptors (Lipinski definition) is 4. The van der Waals surface area contributed by atoms with E-state index in [9.17, 15) is 9.59 Å². The summed E-state index contributed by atoms with van der Waals surface area (Å²) in [6.07, 6.45) is 0.791. The van der Waals surface area contributed by atoms with Crippen LogP contribution in [-0.4, -0.2) is 35.1 Å². The quantitative estimate of drug-likeness (QED) is 0.639. The minimum Gasteiger partial charge on any atom is -0.494 e. The number of hydrogen-bond donors (Lipinski definition) is 2. The molecule has 0 aliphatic carbocycles. The van der Waals surface area contributed by atoms with Gasteiger partial charge in [-0.15, -0.1) is 0 Å². The topological polar surface area (TPSA) is 75.6 Å². The molecule has 2 rings (SSSR count). The van der Waals surface area contributed by atoms with Gasteiger partial charge in [-0.1, -0.05) is 11.6 Å². The predicted molar refractivity (Wildman–Crippen MR) is 101 cm³/mol. The van der Waals surface area contributed by atoms with Crippen LogP contribution in [-0.2, 0) is 4.79 Å². The highest BCUT2D eigenvalue weighted by Crippen LogP contribution is 2.15. The van der Waals surface area contributed by atoms with Gasteiger partial charge in [-0.2, -0.15) is 11.8 Å². The molecule has 2 N–H and O–H groups in total. The Morgan fingerprint density at radius 3 is 2.40 bits per heavy atom. The fraction of sp³-hybridized carbons (Fsp3) is 0.222. The lowest BCUT2D eigenvalue weighted by Gasteiger charge is -2.07. The summed E-state index contributed by atoms with van der Waals surface area (Å²) in [6, 6.07) is 13.3. The first-order chi connectivity index (χ1) is 12.0. The molecular weight excluding hydrogens is 362 g/mol. The molecule has 0 radical (unpaired) electrons. The van der Waals surface area contributed by atoms with Gasteiger partial charge in [0, 0.05) is 10.7 Å². The molecule has 1 amide bonds. The van der Waals surface area contributed by atoms with Crippen molar-refractivity contribution >= 4 is 40.9 Å². The zero-order chi connectivity index (χ0) is 18.1. The van der Waals surface area contributed by atoms with Gasteiger partial charge in [-0.3, -0.25) is 4.79 Å². The second-order valence-electron chi connectivity index (χ2n) is 5.14. The summed E-state index contributed by atoms with van der Waals surface area (Å²) in [4.78, 5) is 22.5. The smallest absolute Gasteiger partial charge is 0.335 e. The lowest BCUT2D eigenvalue weighted by atomic mass is 10.2. The van der Waals surface area contributed by atoms with Crippen molar-refractivity contribution in [3.63, 3.8) is 0 Å². The number of carbonyl (C=O) groups is 2. The van der Waals surface area contributed by atoms with Crippen molar-refractivity contribution in [1.82, 2.24) is 0 Å². The van der Waals surface area contributed by atoms with Crippen LogP contribution in [0.5, 0.6) is 5.75 Å². The average molecular weight is 380 g/mol. The highest BCUT2D eigenvalue weighted by molar-refractivity contribution is 7.99. The molecule has 0 bridgehead atoms. The summed E-state index contributed by atoms with van der Waals surface area (Å²) in [5, 5.41) is 12.2. The highest BCUT2D eigenvalue weighted by atomic mass is 35.5. The van der Waals surface area contributed by atoms with Crippen LogP contribution >= 0.6 is 23.4 Å². The minimum atomic E-state index is -0.958. The van der Waals surface area contributed by atoms with Gasteiger partial charge in [0.1, 0.15) is 5.75 Å². The molecule has 0 atom stereocenters. The molecule has 0 spiro atoms. The molecule has 0 unspecified atom stereocenters. The van der Waals surface area contributed by atoms with Crippen LogP contribution in [0.1, 0.15) is 16.8 Å². The lowest BCUT2D eigenvalue weighted by molar-refractivity contribution is -0.113. The number of nitrogens with one attached hydrogen (secondary N) is 1. The molecule has 0 aliphatic rings. The van der Waals surface area contributed by atoms with Gasteiger partial charge in [0.25, 0.3) is 0 Å². The Bertz CT molecular complexity index is 704. The predicted octanol–water partition coefficient (Wildman–Crippen LogP) is 4.18. The maximum Gasteiger partial charge on any atom is 0.335 e. The standard InChI is InChI=1S/C18H18ClNO4S/c19-14-4-6-15(7-5-14)20-17(21)12-25-11-1-10-24-16-8-2-13(3-9-16)18(22)23/h2-9H,1,10-12H2,(H,20,21)(H,22,23). The van der Waals surface area contributed by atoms with E-state index in [0.717, 1.165) is 17.9 Å². The molecule has 0 heterocycles. The average Bonchev–Trinajstić information content (AvgIpc) is 2.60. The monoisotopic (exact) mass is 379 g/mol. The SMILES string of the molecule is O=C(CSCCCOc1ccc(C(=O)O)cc1)Nc1ccc(Cl)cc1. The van der Waals surface area contributed by atoms with Crippen LogP contribution in [0.2, 0.25) is 5.02 Å². The molecule has 132 valence electrons. The van der Waals surface area contributed by atoms with Crippen LogP contribution in [0, 0.1) is 0 Å². The lowest BCUT2D eigenvalue weighted by Crippen LogP contribution is -2.14. The third kappa shape index (κ3) is 7.07. The number of aromatic carboxylic acids is 1. The van der Waals surface area contributed by atoms with Crippen molar-refractivity contribution in [3.05, 3.63) is 59.1 Å². The van der Waals surface area contributed by atoms with Gasteiger partial charge in [0.2, 0.25) is 5.91 Å². The van der Waals surface area contributed by atoms with Gasteiger partial charge in [0.05, 0.1) is 17.9 Å². The molecule has 2 aromatic carbocycles. The van der Waals surface area contributed by atoms with Crippen molar-refractivity contribution in [2.45, 2.75) is 6.42 Å². The molecule has 0 saturated heterocycles. The fourth-order valence-corrected chi connectivity index (χ4v) is 2.79. The molecular formula is C18H18ClNO4S. The maximum absolute atomic E-state index is 11.8. The Kier molecular flexibility index (Phi) is 7.63. The van der Waals surface area contributed by atoms with Crippen LogP contribution < -0.4 is 10.1 Å². The number of benzene rings is 2. The van der Waals surface area contributed by atoms with E-state index in [0.29, 0.717) is 23.1 Å². The van der Waals surface area contributed by atoms with Crippen molar-refractivity contribution in [3.8, 4) is 5.75 Å². The van der Waals surface area contributed by atoms with Crippen LogP contribution in [0.15, 0.2) is 48.5 Å². The molecule has 0 saturated carbocycles. The third-order valence-corrected chi connectivity index (χ3v) is 4.46. The minimum absolute atomic E-state index is 0.0579. The number of ether oxygens (including phenoxy) is 1. The highest BCUT2D eigenvalue weighted by Gasteiger charge is 2.04. The number of carboxylic acids is 1. The fourth-order valence-electron chi connectivity index (χ4n) is 1.94. The molecule has 0 fully saturated rings. The first kappa shape index (κ1) is 19.1. The first-order valence-electron chi connectivity index (χ1n) is 7.64. The number of thioether (sulfide) groups is 1. The second-order valence-corrected chi connectivity index (χ2v) is 6.68. The van der Waals surface area contributed by atoms with E-state index >= 15 is 0 Å². The molecule has 0 aromatic heterocycles. The number of carbonyl (C=O) groups excluding carboxylic acids is 1. The Balaban J connectivity index is 1.57. The van der Waals surface area contributed by atoms with E-state index in [1.807, 2.05) is 0 Å².